The summed E-state index contributed by atoms with van der Waals surface area (Å²) >= 11 is 1.79. The summed E-state index contributed by atoms with van der Waals surface area (Å²) < 4.78 is 5.74. The van der Waals surface area contributed by atoms with E-state index in [0.717, 1.165) is 26.0 Å². The molecular formula is C18H25NOS. The van der Waals surface area contributed by atoms with Crippen LogP contribution in [0.15, 0.2) is 41.8 Å². The minimum atomic E-state index is 0.556. The van der Waals surface area contributed by atoms with Crippen LogP contribution in [0.5, 0.6) is 0 Å². The Hall–Kier alpha value is -1.16. The van der Waals surface area contributed by atoms with Crippen molar-refractivity contribution in [2.45, 2.75) is 39.3 Å². The Kier molecular flexibility index (Phi) is 6.93. The van der Waals surface area contributed by atoms with Gasteiger partial charge in [0.1, 0.15) is 0 Å². The lowest BCUT2D eigenvalue weighted by Crippen LogP contribution is -2.24. The molecule has 2 nitrogen and oxygen atoms in total. The smallest absolute Gasteiger partial charge is 0.0717 e. The van der Waals surface area contributed by atoms with Gasteiger partial charge in [-0.3, -0.25) is 0 Å². The molecule has 0 aliphatic rings. The summed E-state index contributed by atoms with van der Waals surface area (Å²) in [6.45, 7) is 6.89. The maximum Gasteiger partial charge on any atom is 0.0717 e. The summed E-state index contributed by atoms with van der Waals surface area (Å²) in [6, 6.07) is 13.6. The second-order valence-corrected chi connectivity index (χ2v) is 6.59. The average Bonchev–Trinajstić information content (AvgIpc) is 2.98. The number of hydrogen-bond acceptors (Lipinski definition) is 3. The molecule has 0 spiro atoms. The Morgan fingerprint density at radius 1 is 1.05 bits per heavy atom. The molecular weight excluding hydrogens is 278 g/mol. The van der Waals surface area contributed by atoms with Gasteiger partial charge in [-0.1, -0.05) is 44.2 Å². The zero-order chi connectivity index (χ0) is 14.9. The fraction of sp³-hybridized carbons (Fsp3) is 0.444. The summed E-state index contributed by atoms with van der Waals surface area (Å²) in [4.78, 5) is 1.39. The van der Waals surface area contributed by atoms with Crippen LogP contribution < -0.4 is 5.32 Å². The third-order valence-corrected chi connectivity index (χ3v) is 4.27. The number of nitrogens with one attached hydrogen (secondary N) is 1. The summed E-state index contributed by atoms with van der Waals surface area (Å²) in [6.07, 6.45) is 2.09. The van der Waals surface area contributed by atoms with Gasteiger partial charge in [0.15, 0.2) is 0 Å². The van der Waals surface area contributed by atoms with Crippen LogP contribution in [0.4, 0.5) is 0 Å². The van der Waals surface area contributed by atoms with E-state index in [-0.39, 0.29) is 0 Å². The van der Waals surface area contributed by atoms with Gasteiger partial charge in [0.2, 0.25) is 0 Å². The molecule has 21 heavy (non-hydrogen) atoms. The van der Waals surface area contributed by atoms with Crippen molar-refractivity contribution < 1.29 is 4.74 Å². The summed E-state index contributed by atoms with van der Waals surface area (Å²) in [5, 5.41) is 5.55. The van der Waals surface area contributed by atoms with E-state index in [1.54, 1.807) is 11.3 Å². The molecule has 0 fully saturated rings. The maximum absolute atomic E-state index is 5.74. The van der Waals surface area contributed by atoms with E-state index in [1.807, 2.05) is 0 Å². The highest BCUT2D eigenvalue weighted by atomic mass is 32.1. The summed E-state index contributed by atoms with van der Waals surface area (Å²) in [5.74, 6) is 0. The number of rotatable bonds is 9. The lowest BCUT2D eigenvalue weighted by molar-refractivity contribution is 0.124. The monoisotopic (exact) mass is 303 g/mol. The molecule has 0 aliphatic heterocycles. The first-order valence-electron chi connectivity index (χ1n) is 7.65. The quantitative estimate of drug-likeness (QED) is 0.706. The molecule has 3 heteroatoms. The van der Waals surface area contributed by atoms with Crippen LogP contribution in [-0.2, 0) is 24.2 Å². The third kappa shape index (κ3) is 6.42. The topological polar surface area (TPSA) is 21.3 Å². The summed E-state index contributed by atoms with van der Waals surface area (Å²) in [7, 11) is 0. The van der Waals surface area contributed by atoms with Gasteiger partial charge in [0.25, 0.3) is 0 Å². The minimum absolute atomic E-state index is 0.556. The van der Waals surface area contributed by atoms with Gasteiger partial charge < -0.3 is 10.1 Å². The first kappa shape index (κ1) is 16.2. The van der Waals surface area contributed by atoms with Crippen molar-refractivity contribution in [3.63, 3.8) is 0 Å². The molecule has 2 aromatic rings. The zero-order valence-electron chi connectivity index (χ0n) is 13.0. The van der Waals surface area contributed by atoms with Crippen molar-refractivity contribution in [3.05, 3.63) is 57.8 Å². The molecule has 0 bridgehead atoms. The lowest BCUT2D eigenvalue weighted by Gasteiger charge is -2.08. The van der Waals surface area contributed by atoms with E-state index in [1.165, 1.54) is 16.0 Å². The SMILES string of the molecule is CC(C)NCCc1ccc(COCCc2cccs2)cc1. The van der Waals surface area contributed by atoms with Gasteiger partial charge in [-0.2, -0.15) is 0 Å². The van der Waals surface area contributed by atoms with Gasteiger partial charge in [0, 0.05) is 17.3 Å². The predicted molar refractivity (Wildman–Crippen MR) is 91.0 cm³/mol. The fourth-order valence-corrected chi connectivity index (χ4v) is 2.82. The molecule has 0 amide bonds. The number of hydrogen-bond donors (Lipinski definition) is 1. The second-order valence-electron chi connectivity index (χ2n) is 5.56. The fourth-order valence-electron chi connectivity index (χ4n) is 2.12. The molecule has 0 saturated carbocycles. The first-order chi connectivity index (χ1) is 10.2. The number of ether oxygens (including phenoxy) is 1. The van der Waals surface area contributed by atoms with E-state index in [4.69, 9.17) is 4.74 Å². The second kappa shape index (κ2) is 8.98. The van der Waals surface area contributed by atoms with Gasteiger partial charge >= 0.3 is 0 Å². The summed E-state index contributed by atoms with van der Waals surface area (Å²) in [5.41, 5.74) is 2.63. The Morgan fingerprint density at radius 2 is 1.81 bits per heavy atom. The number of benzene rings is 1. The third-order valence-electron chi connectivity index (χ3n) is 3.33. The molecule has 0 unspecified atom stereocenters. The standard InChI is InChI=1S/C18H25NOS/c1-15(2)19-11-9-16-5-7-17(8-6-16)14-20-12-10-18-4-3-13-21-18/h3-8,13,15,19H,9-12,14H2,1-2H3. The molecule has 0 radical (unpaired) electrons. The normalized spacial score (nSPS) is 11.2. The lowest BCUT2D eigenvalue weighted by atomic mass is 10.1. The van der Waals surface area contributed by atoms with E-state index in [0.29, 0.717) is 12.6 Å². The molecule has 0 aliphatic carbocycles. The predicted octanol–water partition coefficient (Wildman–Crippen LogP) is 4.05. The van der Waals surface area contributed by atoms with Gasteiger partial charge in [-0.25, -0.2) is 0 Å². The molecule has 0 saturated heterocycles. The van der Waals surface area contributed by atoms with Gasteiger partial charge in [-0.15, -0.1) is 11.3 Å². The van der Waals surface area contributed by atoms with Crippen LogP contribution in [0.3, 0.4) is 0 Å². The van der Waals surface area contributed by atoms with Crippen LogP contribution in [0.25, 0.3) is 0 Å². The molecule has 1 heterocycles. The van der Waals surface area contributed by atoms with E-state index >= 15 is 0 Å². The maximum atomic E-state index is 5.74. The van der Waals surface area contributed by atoms with Gasteiger partial charge in [0.05, 0.1) is 13.2 Å². The molecule has 2 rings (SSSR count). The molecule has 1 N–H and O–H groups in total. The molecule has 114 valence electrons. The van der Waals surface area contributed by atoms with Crippen molar-refractivity contribution in [1.29, 1.82) is 0 Å². The van der Waals surface area contributed by atoms with Crippen LogP contribution >= 0.6 is 11.3 Å². The highest BCUT2D eigenvalue weighted by Gasteiger charge is 1.98. The van der Waals surface area contributed by atoms with Crippen LogP contribution in [0.1, 0.15) is 29.9 Å². The van der Waals surface area contributed by atoms with E-state index < -0.39 is 0 Å². The molecule has 1 aromatic carbocycles. The van der Waals surface area contributed by atoms with E-state index in [9.17, 15) is 0 Å². The largest absolute Gasteiger partial charge is 0.376 e. The van der Waals surface area contributed by atoms with Crippen molar-refractivity contribution in [1.82, 2.24) is 5.32 Å². The highest BCUT2D eigenvalue weighted by molar-refractivity contribution is 7.09. The molecule has 0 atom stereocenters. The van der Waals surface area contributed by atoms with Crippen molar-refractivity contribution in [3.8, 4) is 0 Å². The Labute approximate surface area is 132 Å². The molecule has 1 aromatic heterocycles. The average molecular weight is 303 g/mol. The van der Waals surface area contributed by atoms with E-state index in [2.05, 4.69) is 60.9 Å². The van der Waals surface area contributed by atoms with Gasteiger partial charge in [-0.05, 0) is 35.5 Å². The first-order valence-corrected chi connectivity index (χ1v) is 8.53. The van der Waals surface area contributed by atoms with Crippen LogP contribution in [0, 0.1) is 0 Å². The Morgan fingerprint density at radius 3 is 2.48 bits per heavy atom. The van der Waals surface area contributed by atoms with Crippen molar-refractivity contribution in [2.24, 2.45) is 0 Å². The highest BCUT2D eigenvalue weighted by Crippen LogP contribution is 2.10. The Bertz CT molecular complexity index is 490. The zero-order valence-corrected chi connectivity index (χ0v) is 13.8. The van der Waals surface area contributed by atoms with Crippen LogP contribution in [0.2, 0.25) is 0 Å². The minimum Gasteiger partial charge on any atom is -0.376 e. The Balaban J connectivity index is 1.65. The number of thiophene rings is 1. The van der Waals surface area contributed by atoms with Crippen molar-refractivity contribution >= 4 is 11.3 Å². The van der Waals surface area contributed by atoms with Crippen LogP contribution in [-0.4, -0.2) is 19.2 Å². The van der Waals surface area contributed by atoms with Crippen molar-refractivity contribution in [2.75, 3.05) is 13.2 Å².